The van der Waals surface area contributed by atoms with Gasteiger partial charge in [-0.25, -0.2) is 9.97 Å². The normalized spacial score (nSPS) is 19.7. The number of imidazole rings is 1. The van der Waals surface area contributed by atoms with E-state index in [0.29, 0.717) is 38.6 Å². The van der Waals surface area contributed by atoms with E-state index in [9.17, 15) is 9.59 Å². The average Bonchev–Trinajstić information content (AvgIpc) is 3.92. The van der Waals surface area contributed by atoms with Gasteiger partial charge in [-0.05, 0) is 75.1 Å². The Labute approximate surface area is 291 Å². The number of hydrogen-bond donors (Lipinski definition) is 1. The zero-order valence-corrected chi connectivity index (χ0v) is 28.8. The second kappa shape index (κ2) is 12.9. The zero-order chi connectivity index (χ0) is 34.4. The molecule has 0 bridgehead atoms. The number of nitrogens with zero attached hydrogens (tertiary/aromatic N) is 7. The van der Waals surface area contributed by atoms with E-state index in [2.05, 4.69) is 55.4 Å². The van der Waals surface area contributed by atoms with Crippen molar-refractivity contribution in [2.75, 3.05) is 44.2 Å². The first-order chi connectivity index (χ1) is 24.2. The summed E-state index contributed by atoms with van der Waals surface area (Å²) in [6.45, 7) is 7.60. The fraction of sp³-hybridized carbons (Fsp3) is 0.359. The Morgan fingerprint density at radius 2 is 1.78 bits per heavy atom. The summed E-state index contributed by atoms with van der Waals surface area (Å²) in [4.78, 5) is 42.4. The standard InChI is InChI=1S/C39H42N8O3/c1-26(2)50-35-11-8-30(21-40-35)37-32-20-31(9-10-33(32)42-43-37)47-19-15-39(38(47)49)14-18-45(24-39)23-36(48)46-16-12-28(13-17-46)27-4-6-29(7-5-27)34-22-44(3)25-41-34/h4-12,20-22,25-26H,13-19,23-24H2,1-3H3,(H,42,43). The number of benzene rings is 2. The van der Waals surface area contributed by atoms with Gasteiger partial charge in [-0.1, -0.05) is 30.3 Å². The first kappa shape index (κ1) is 31.9. The fourth-order valence-electron chi connectivity index (χ4n) is 7.63. The van der Waals surface area contributed by atoms with Crippen molar-refractivity contribution < 1.29 is 14.3 Å². The predicted octanol–water partition coefficient (Wildman–Crippen LogP) is 5.56. The van der Waals surface area contributed by atoms with E-state index in [1.807, 2.05) is 78.1 Å². The molecular weight excluding hydrogens is 628 g/mol. The molecule has 0 saturated carbocycles. The first-order valence-corrected chi connectivity index (χ1v) is 17.5. The van der Waals surface area contributed by atoms with Gasteiger partial charge in [0.1, 0.15) is 5.69 Å². The Morgan fingerprint density at radius 1 is 0.980 bits per heavy atom. The van der Waals surface area contributed by atoms with E-state index in [4.69, 9.17) is 4.74 Å². The highest BCUT2D eigenvalue weighted by molar-refractivity contribution is 6.03. The molecule has 3 aromatic heterocycles. The van der Waals surface area contributed by atoms with Crippen molar-refractivity contribution >= 4 is 34.0 Å². The van der Waals surface area contributed by atoms with Crippen molar-refractivity contribution in [1.82, 2.24) is 34.5 Å². The summed E-state index contributed by atoms with van der Waals surface area (Å²) in [7, 11) is 1.97. The summed E-state index contributed by atoms with van der Waals surface area (Å²) in [5.41, 5.74) is 7.48. The largest absolute Gasteiger partial charge is 0.475 e. The molecule has 2 saturated heterocycles. The third kappa shape index (κ3) is 6.06. The second-order valence-electron chi connectivity index (χ2n) is 14.1. The number of rotatable bonds is 8. The van der Waals surface area contributed by atoms with Crippen molar-refractivity contribution in [3.8, 4) is 28.4 Å². The van der Waals surface area contributed by atoms with Crippen LogP contribution in [0.25, 0.3) is 39.0 Å². The number of amides is 2. The van der Waals surface area contributed by atoms with E-state index < -0.39 is 5.41 Å². The SMILES string of the molecule is CC(C)Oc1ccc(-c2n[nH]c3ccc(N4CCC5(CCN(CC(=O)N6CC=C(c7ccc(-c8cn(C)cn8)cc7)CC6)C5)C4=O)cc23)cn1. The zero-order valence-electron chi connectivity index (χ0n) is 28.8. The number of pyridine rings is 1. The number of carbonyl (C=O) groups is 2. The van der Waals surface area contributed by atoms with Crippen molar-refractivity contribution in [2.45, 2.75) is 39.2 Å². The molecule has 0 aliphatic carbocycles. The van der Waals surface area contributed by atoms with Gasteiger partial charge < -0.3 is 19.1 Å². The van der Waals surface area contributed by atoms with E-state index in [1.54, 1.807) is 6.20 Å². The quantitative estimate of drug-likeness (QED) is 0.230. The highest BCUT2D eigenvalue weighted by Gasteiger charge is 2.51. The topological polar surface area (TPSA) is 112 Å². The Kier molecular flexibility index (Phi) is 8.22. The summed E-state index contributed by atoms with van der Waals surface area (Å²) in [5, 5.41) is 8.62. The maximum absolute atomic E-state index is 14.0. The van der Waals surface area contributed by atoms with Gasteiger partial charge in [0, 0.05) is 73.9 Å². The molecule has 256 valence electrons. The molecule has 0 radical (unpaired) electrons. The third-order valence-corrected chi connectivity index (χ3v) is 10.3. The number of aromatic nitrogens is 5. The third-order valence-electron chi connectivity index (χ3n) is 10.3. The molecule has 2 fully saturated rings. The minimum Gasteiger partial charge on any atom is -0.475 e. The van der Waals surface area contributed by atoms with Gasteiger partial charge in [0.2, 0.25) is 17.7 Å². The second-order valence-corrected chi connectivity index (χ2v) is 14.1. The number of nitrogens with one attached hydrogen (secondary N) is 1. The van der Waals surface area contributed by atoms with Crippen molar-refractivity contribution in [2.24, 2.45) is 12.5 Å². The van der Waals surface area contributed by atoms with Crippen molar-refractivity contribution in [3.63, 3.8) is 0 Å². The van der Waals surface area contributed by atoms with Crippen LogP contribution in [0.2, 0.25) is 0 Å². The van der Waals surface area contributed by atoms with Gasteiger partial charge in [0.15, 0.2) is 0 Å². The number of ether oxygens (including phenoxy) is 1. The number of fused-ring (bicyclic) bond motifs is 1. The minimum absolute atomic E-state index is 0.0468. The molecular formula is C39H42N8O3. The Morgan fingerprint density at radius 3 is 2.50 bits per heavy atom. The van der Waals surface area contributed by atoms with Crippen LogP contribution in [0, 0.1) is 5.41 Å². The molecule has 2 aromatic carbocycles. The van der Waals surface area contributed by atoms with Crippen LogP contribution >= 0.6 is 0 Å². The van der Waals surface area contributed by atoms with Crippen LogP contribution in [0.5, 0.6) is 5.88 Å². The van der Waals surface area contributed by atoms with Crippen LogP contribution in [0.3, 0.4) is 0 Å². The molecule has 11 nitrogen and oxygen atoms in total. The molecule has 3 aliphatic heterocycles. The lowest BCUT2D eigenvalue weighted by Gasteiger charge is -2.29. The van der Waals surface area contributed by atoms with E-state index in [-0.39, 0.29) is 17.9 Å². The summed E-state index contributed by atoms with van der Waals surface area (Å²) >= 11 is 0. The number of hydrogen-bond acceptors (Lipinski definition) is 7. The molecule has 5 aromatic rings. The molecule has 11 heteroatoms. The van der Waals surface area contributed by atoms with Crippen LogP contribution < -0.4 is 9.64 Å². The maximum atomic E-state index is 14.0. The Balaban J connectivity index is 0.889. The van der Waals surface area contributed by atoms with Crippen LogP contribution in [0.4, 0.5) is 5.69 Å². The monoisotopic (exact) mass is 670 g/mol. The number of aromatic amines is 1. The molecule has 1 N–H and O–H groups in total. The number of H-pyrrole nitrogens is 1. The minimum atomic E-state index is -0.457. The smallest absolute Gasteiger partial charge is 0.237 e. The van der Waals surface area contributed by atoms with E-state index >= 15 is 0 Å². The maximum Gasteiger partial charge on any atom is 0.237 e. The number of carbonyl (C=O) groups excluding carboxylic acids is 2. The summed E-state index contributed by atoms with van der Waals surface area (Å²) in [5.74, 6) is 0.848. The summed E-state index contributed by atoms with van der Waals surface area (Å²) < 4.78 is 7.65. The highest BCUT2D eigenvalue weighted by atomic mass is 16.5. The molecule has 3 aliphatic rings. The van der Waals surface area contributed by atoms with Gasteiger partial charge in [0.05, 0.1) is 35.6 Å². The molecule has 8 rings (SSSR count). The van der Waals surface area contributed by atoms with Gasteiger partial charge in [-0.2, -0.15) is 5.10 Å². The number of anilines is 1. The average molecular weight is 671 g/mol. The van der Waals surface area contributed by atoms with Crippen LogP contribution in [0.15, 0.2) is 79.4 Å². The van der Waals surface area contributed by atoms with Gasteiger partial charge >= 0.3 is 0 Å². The number of likely N-dealkylation sites (tertiary alicyclic amines) is 1. The first-order valence-electron chi connectivity index (χ1n) is 17.5. The highest BCUT2D eigenvalue weighted by Crippen LogP contribution is 2.43. The van der Waals surface area contributed by atoms with Crippen LogP contribution in [-0.4, -0.2) is 91.7 Å². The molecule has 2 amide bonds. The Bertz CT molecular complexity index is 2080. The van der Waals surface area contributed by atoms with Crippen LogP contribution in [0.1, 0.15) is 38.7 Å². The molecule has 1 unspecified atom stereocenters. The Hall–Kier alpha value is -5.29. The van der Waals surface area contributed by atoms with Gasteiger partial charge in [-0.3, -0.25) is 19.6 Å². The van der Waals surface area contributed by atoms with E-state index in [1.165, 1.54) is 11.1 Å². The fourth-order valence-corrected chi connectivity index (χ4v) is 7.63. The summed E-state index contributed by atoms with van der Waals surface area (Å²) in [6.07, 6.45) is 10.2. The predicted molar refractivity (Wildman–Crippen MR) is 193 cm³/mol. The summed E-state index contributed by atoms with van der Waals surface area (Å²) in [6, 6.07) is 18.3. The van der Waals surface area contributed by atoms with Crippen molar-refractivity contribution in [3.05, 3.63) is 85.0 Å². The lowest BCUT2D eigenvalue weighted by Crippen LogP contribution is -2.43. The van der Waals surface area contributed by atoms with Crippen molar-refractivity contribution in [1.29, 1.82) is 0 Å². The molecule has 1 atom stereocenters. The van der Waals surface area contributed by atoms with E-state index in [0.717, 1.165) is 64.9 Å². The molecule has 1 spiro atoms. The number of aryl methyl sites for hydroxylation is 1. The van der Waals surface area contributed by atoms with Crippen LogP contribution in [-0.2, 0) is 16.6 Å². The molecule has 6 heterocycles. The van der Waals surface area contributed by atoms with Gasteiger partial charge in [0.25, 0.3) is 0 Å². The molecule has 50 heavy (non-hydrogen) atoms. The lowest BCUT2D eigenvalue weighted by atomic mass is 9.85. The van der Waals surface area contributed by atoms with Gasteiger partial charge in [-0.15, -0.1) is 0 Å². The lowest BCUT2D eigenvalue weighted by molar-refractivity contribution is -0.132.